The van der Waals surface area contributed by atoms with Crippen LogP contribution in [0, 0.1) is 5.82 Å². The first-order chi connectivity index (χ1) is 17.2. The number of anilines is 3. The molecule has 1 aliphatic heterocycles. The van der Waals surface area contributed by atoms with E-state index in [2.05, 4.69) is 20.6 Å². The van der Waals surface area contributed by atoms with E-state index in [1.165, 1.54) is 47.2 Å². The number of rotatable bonds is 7. The fourth-order valence-corrected chi connectivity index (χ4v) is 4.02. The molecule has 0 radical (unpaired) electrons. The maximum absolute atomic E-state index is 14.7. The minimum atomic E-state index is -0.908. The number of amides is 2. The van der Waals surface area contributed by atoms with Gasteiger partial charge in [0, 0.05) is 36.8 Å². The van der Waals surface area contributed by atoms with Crippen molar-refractivity contribution in [3.8, 4) is 11.1 Å². The summed E-state index contributed by atoms with van der Waals surface area (Å²) in [6.45, 7) is -0.918. The van der Waals surface area contributed by atoms with Gasteiger partial charge in [-0.3, -0.25) is 23.9 Å². The number of carbonyl (C=O) groups excluding carboxylic acids is 2. The molecule has 3 aromatic rings. The van der Waals surface area contributed by atoms with Crippen LogP contribution in [-0.4, -0.2) is 62.9 Å². The van der Waals surface area contributed by atoms with E-state index < -0.39 is 36.5 Å². The first kappa shape index (κ1) is 25.2. The van der Waals surface area contributed by atoms with Crippen LogP contribution in [0.2, 0.25) is 5.02 Å². The average molecular weight is 517 g/mol. The van der Waals surface area contributed by atoms with Crippen LogP contribution in [-0.2, 0) is 11.3 Å². The Morgan fingerprint density at radius 1 is 1.22 bits per heavy atom. The molecule has 0 fully saturated rings. The number of aliphatic hydroxyl groups is 2. The smallest absolute Gasteiger partial charge is 0.260 e. The lowest BCUT2D eigenvalue weighted by Crippen LogP contribution is -2.41. The zero-order valence-electron chi connectivity index (χ0n) is 19.0. The largest absolute Gasteiger partial charge is 0.394 e. The fourth-order valence-electron chi connectivity index (χ4n) is 3.84. The minimum Gasteiger partial charge on any atom is -0.394 e. The molecule has 1 aliphatic rings. The van der Waals surface area contributed by atoms with Gasteiger partial charge in [0.05, 0.1) is 30.5 Å². The number of hydrogen-bond acceptors (Lipinski definition) is 8. The zero-order valence-corrected chi connectivity index (χ0v) is 19.8. The second kappa shape index (κ2) is 10.4. The molecule has 13 heteroatoms. The topological polar surface area (TPSA) is 150 Å². The average Bonchev–Trinajstić information content (AvgIpc) is 2.87. The Morgan fingerprint density at radius 2 is 1.97 bits per heavy atom. The third-order valence-electron chi connectivity index (χ3n) is 5.71. The van der Waals surface area contributed by atoms with Gasteiger partial charge in [0.2, 0.25) is 5.91 Å². The molecule has 0 saturated carbocycles. The second-order valence-electron chi connectivity index (χ2n) is 8.02. The van der Waals surface area contributed by atoms with Crippen molar-refractivity contribution in [3.05, 3.63) is 63.5 Å². The van der Waals surface area contributed by atoms with Gasteiger partial charge in [0.15, 0.2) is 0 Å². The van der Waals surface area contributed by atoms with E-state index in [-0.39, 0.29) is 57.9 Å². The van der Waals surface area contributed by atoms with Crippen molar-refractivity contribution in [2.45, 2.75) is 19.0 Å². The molecule has 0 bridgehead atoms. The maximum atomic E-state index is 14.7. The van der Waals surface area contributed by atoms with Gasteiger partial charge >= 0.3 is 0 Å². The van der Waals surface area contributed by atoms with Crippen LogP contribution < -0.4 is 21.1 Å². The molecule has 0 unspecified atom stereocenters. The number of hydrogen-bond donors (Lipinski definition) is 4. The van der Waals surface area contributed by atoms with Gasteiger partial charge in [-0.15, -0.1) is 0 Å². The van der Waals surface area contributed by atoms with Gasteiger partial charge in [-0.05, 0) is 24.3 Å². The summed E-state index contributed by atoms with van der Waals surface area (Å²) in [6.07, 6.45) is 2.47. The van der Waals surface area contributed by atoms with Crippen molar-refractivity contribution in [2.24, 2.45) is 0 Å². The van der Waals surface area contributed by atoms with Crippen LogP contribution in [0.25, 0.3) is 11.1 Å². The van der Waals surface area contributed by atoms with Crippen molar-refractivity contribution in [2.75, 3.05) is 30.5 Å². The summed E-state index contributed by atoms with van der Waals surface area (Å²) in [5.41, 5.74) is -0.391. The Hall–Kier alpha value is -3.87. The molecule has 2 amide bonds. The maximum Gasteiger partial charge on any atom is 0.260 e. The van der Waals surface area contributed by atoms with Gasteiger partial charge in [-0.2, -0.15) is 0 Å². The van der Waals surface area contributed by atoms with Crippen molar-refractivity contribution >= 4 is 40.7 Å². The predicted molar refractivity (Wildman–Crippen MR) is 130 cm³/mol. The summed E-state index contributed by atoms with van der Waals surface area (Å²) in [5.74, 6) is -1.37. The van der Waals surface area contributed by atoms with Crippen molar-refractivity contribution in [1.29, 1.82) is 0 Å². The molecular formula is C23H22ClFN6O5. The number of fused-ring (bicyclic) bond motifs is 1. The highest BCUT2D eigenvalue weighted by Gasteiger charge is 2.28. The van der Waals surface area contributed by atoms with E-state index in [4.69, 9.17) is 11.6 Å². The van der Waals surface area contributed by atoms with Gasteiger partial charge < -0.3 is 20.8 Å². The number of aliphatic hydroxyl groups excluding tert-OH is 2. The first-order valence-electron chi connectivity index (χ1n) is 10.8. The number of aromatic nitrogens is 3. The standard InChI is InChI=1S/C23H22ClFN6O5/c1-30-19(34)4-5-31-22(30)18(7-15(23(31)36)14-6-12(24)2-3-17(14)25)29-20-16(8-26-11-27-20)21(35)28-13(9-32)10-33/h2-3,6-8,11,13,32-33H,4-5,9-10H2,1H3,(H,28,35)(H,26,27,29). The Bertz CT molecular complexity index is 1390. The minimum absolute atomic E-state index is 0.00955. The molecule has 0 spiro atoms. The normalized spacial score (nSPS) is 13.1. The molecule has 4 rings (SSSR count). The van der Waals surface area contributed by atoms with E-state index in [9.17, 15) is 29.0 Å². The second-order valence-corrected chi connectivity index (χ2v) is 8.46. The third kappa shape index (κ3) is 4.78. The van der Waals surface area contributed by atoms with Gasteiger partial charge in [0.25, 0.3) is 11.5 Å². The monoisotopic (exact) mass is 516 g/mol. The van der Waals surface area contributed by atoms with E-state index in [1.54, 1.807) is 0 Å². The summed E-state index contributed by atoms with van der Waals surface area (Å²) >= 11 is 6.05. The Labute approximate surface area is 209 Å². The van der Waals surface area contributed by atoms with Crippen LogP contribution in [0.5, 0.6) is 0 Å². The number of halogens is 2. The Kier molecular flexibility index (Phi) is 7.29. The summed E-state index contributed by atoms with van der Waals surface area (Å²) in [6, 6.07) is 4.30. The number of carbonyl (C=O) groups is 2. The number of benzene rings is 1. The molecule has 0 atom stereocenters. The Balaban J connectivity index is 1.87. The fraction of sp³-hybridized carbons (Fsp3) is 0.261. The molecule has 188 valence electrons. The summed E-state index contributed by atoms with van der Waals surface area (Å²) in [5, 5.41) is 24.2. The quantitative estimate of drug-likeness (QED) is 0.367. The van der Waals surface area contributed by atoms with E-state index in [0.717, 1.165) is 6.07 Å². The number of pyridine rings is 1. The lowest BCUT2D eigenvalue weighted by Gasteiger charge is -2.30. The van der Waals surface area contributed by atoms with Crippen molar-refractivity contribution < 1.29 is 24.2 Å². The molecule has 2 aromatic heterocycles. The molecule has 0 saturated heterocycles. The third-order valence-corrected chi connectivity index (χ3v) is 5.94. The van der Waals surface area contributed by atoms with Crippen LogP contribution >= 0.6 is 11.6 Å². The molecule has 0 aliphatic carbocycles. The lowest BCUT2D eigenvalue weighted by molar-refractivity contribution is -0.119. The summed E-state index contributed by atoms with van der Waals surface area (Å²) in [7, 11) is 1.50. The lowest BCUT2D eigenvalue weighted by atomic mass is 10.0. The molecule has 36 heavy (non-hydrogen) atoms. The van der Waals surface area contributed by atoms with E-state index in [1.807, 2.05) is 0 Å². The number of nitrogens with zero attached hydrogens (tertiary/aromatic N) is 4. The van der Waals surface area contributed by atoms with E-state index >= 15 is 0 Å². The number of nitrogens with one attached hydrogen (secondary N) is 2. The van der Waals surface area contributed by atoms with Crippen LogP contribution in [0.4, 0.5) is 21.7 Å². The summed E-state index contributed by atoms with van der Waals surface area (Å²) in [4.78, 5) is 47.8. The summed E-state index contributed by atoms with van der Waals surface area (Å²) < 4.78 is 16.1. The molecule has 1 aromatic carbocycles. The highest BCUT2D eigenvalue weighted by Crippen LogP contribution is 2.35. The van der Waals surface area contributed by atoms with Crippen molar-refractivity contribution in [1.82, 2.24) is 19.9 Å². The SMILES string of the molecule is CN1C(=O)CCn2c1c(Nc1ncncc1C(=O)NC(CO)CO)cc(-c1cc(Cl)ccc1F)c2=O. The van der Waals surface area contributed by atoms with Crippen molar-refractivity contribution in [3.63, 3.8) is 0 Å². The zero-order chi connectivity index (χ0) is 26.0. The molecule has 4 N–H and O–H groups in total. The molecular weight excluding hydrogens is 495 g/mol. The molecule has 3 heterocycles. The van der Waals surface area contributed by atoms with Gasteiger partial charge in [-0.25, -0.2) is 14.4 Å². The van der Waals surface area contributed by atoms with Crippen LogP contribution in [0.1, 0.15) is 16.8 Å². The van der Waals surface area contributed by atoms with E-state index in [0.29, 0.717) is 0 Å². The van der Waals surface area contributed by atoms with Crippen LogP contribution in [0.15, 0.2) is 41.6 Å². The first-order valence-corrected chi connectivity index (χ1v) is 11.2. The Morgan fingerprint density at radius 3 is 2.69 bits per heavy atom. The van der Waals surface area contributed by atoms with Gasteiger partial charge in [0.1, 0.15) is 29.3 Å². The van der Waals surface area contributed by atoms with Gasteiger partial charge in [-0.1, -0.05) is 11.6 Å². The molecule has 11 nitrogen and oxygen atoms in total. The predicted octanol–water partition coefficient (Wildman–Crippen LogP) is 1.29. The highest BCUT2D eigenvalue weighted by atomic mass is 35.5. The van der Waals surface area contributed by atoms with Crippen LogP contribution in [0.3, 0.4) is 0 Å². The highest BCUT2D eigenvalue weighted by molar-refractivity contribution is 6.30.